The number of amides is 1. The van der Waals surface area contributed by atoms with Gasteiger partial charge in [-0.2, -0.15) is 0 Å². The van der Waals surface area contributed by atoms with E-state index in [1.165, 1.54) is 36.4 Å². The third-order valence-corrected chi connectivity index (χ3v) is 8.55. The molecule has 0 saturated carbocycles. The molecular formula is C36H38N2O12. The van der Waals surface area contributed by atoms with Crippen LogP contribution in [0.15, 0.2) is 88.1 Å². The van der Waals surface area contributed by atoms with Crippen molar-refractivity contribution in [2.45, 2.75) is 56.2 Å². The number of ether oxygens (including phenoxy) is 2. The summed E-state index contributed by atoms with van der Waals surface area (Å²) in [6.07, 6.45) is -5.36. The first-order valence-corrected chi connectivity index (χ1v) is 15.8. The minimum atomic E-state index is -2.82. The van der Waals surface area contributed by atoms with Crippen LogP contribution < -0.4 is 21.2 Å². The molecule has 14 heteroatoms. The van der Waals surface area contributed by atoms with Crippen molar-refractivity contribution in [2.24, 2.45) is 11.7 Å². The molecule has 2 heterocycles. The Hall–Kier alpha value is -5.09. The molecule has 0 spiro atoms. The number of hydrogen-bond acceptors (Lipinski definition) is 12. The van der Waals surface area contributed by atoms with Crippen molar-refractivity contribution < 1.29 is 54.1 Å². The normalized spacial score (nSPS) is 23.5. The predicted molar refractivity (Wildman–Crippen MR) is 180 cm³/mol. The van der Waals surface area contributed by atoms with Crippen LogP contribution in [0.25, 0.3) is 28.2 Å². The van der Waals surface area contributed by atoms with Crippen LogP contribution in [0.2, 0.25) is 0 Å². The van der Waals surface area contributed by atoms with Gasteiger partial charge in [-0.1, -0.05) is 61.5 Å². The van der Waals surface area contributed by atoms with E-state index in [-0.39, 0.29) is 46.1 Å². The van der Waals surface area contributed by atoms with E-state index in [0.29, 0.717) is 12.8 Å². The maximum atomic E-state index is 13.5. The van der Waals surface area contributed by atoms with E-state index >= 15 is 0 Å². The number of carbonyl (C=O) groups is 2. The molecule has 1 aliphatic rings. The topological polar surface area (TPSA) is 242 Å². The maximum Gasteiger partial charge on any atom is 0.335 e. The van der Waals surface area contributed by atoms with Gasteiger partial charge < -0.3 is 50.3 Å². The lowest BCUT2D eigenvalue weighted by Crippen LogP contribution is -2.75. The summed E-state index contributed by atoms with van der Waals surface area (Å²) >= 11 is 0. The van der Waals surface area contributed by atoms with E-state index in [9.17, 15) is 45.0 Å². The molecule has 1 saturated heterocycles. The number of aliphatic hydroxyl groups excluding tert-OH is 3. The van der Waals surface area contributed by atoms with Crippen molar-refractivity contribution >= 4 is 28.9 Å². The summed E-state index contributed by atoms with van der Waals surface area (Å²) in [5.41, 5.74) is 3.02. The molecule has 0 radical (unpaired) electrons. The number of primary amides is 1. The number of aliphatic carboxylic acids is 1. The van der Waals surface area contributed by atoms with Gasteiger partial charge in [0.2, 0.25) is 17.5 Å². The zero-order valence-electron chi connectivity index (χ0n) is 26.9. The van der Waals surface area contributed by atoms with Crippen LogP contribution in [-0.2, 0) is 9.53 Å². The third kappa shape index (κ3) is 7.55. The van der Waals surface area contributed by atoms with Crippen LogP contribution in [0.3, 0.4) is 0 Å². The Balaban J connectivity index is 1.38. The minimum absolute atomic E-state index is 0.0152. The van der Waals surface area contributed by atoms with Gasteiger partial charge in [-0.25, -0.2) is 4.79 Å². The van der Waals surface area contributed by atoms with Crippen LogP contribution in [0, 0.1) is 5.92 Å². The first kappa shape index (κ1) is 36.2. The number of carboxylic acid groups (broad SMARTS) is 1. The van der Waals surface area contributed by atoms with Crippen molar-refractivity contribution in [1.29, 1.82) is 0 Å². The van der Waals surface area contributed by atoms with E-state index in [1.54, 1.807) is 0 Å². The molecule has 264 valence electrons. The maximum absolute atomic E-state index is 13.5. The lowest BCUT2D eigenvalue weighted by molar-refractivity contribution is -0.338. The summed E-state index contributed by atoms with van der Waals surface area (Å²) in [5.74, 6) is -3.38. The van der Waals surface area contributed by atoms with Crippen LogP contribution in [0.4, 0.5) is 0 Å². The van der Waals surface area contributed by atoms with Gasteiger partial charge in [-0.15, -0.1) is 0 Å². The molecule has 1 aromatic heterocycles. The molecule has 14 nitrogen and oxygen atoms in total. The summed E-state index contributed by atoms with van der Waals surface area (Å²) < 4.78 is 16.9. The molecule has 1 amide bonds. The zero-order valence-corrected chi connectivity index (χ0v) is 26.9. The number of rotatable bonds is 13. The van der Waals surface area contributed by atoms with Crippen LogP contribution in [0.5, 0.6) is 11.5 Å². The number of aromatic hydroxyl groups is 1. The Morgan fingerprint density at radius 2 is 1.78 bits per heavy atom. The highest BCUT2D eigenvalue weighted by Crippen LogP contribution is 2.35. The number of benzene rings is 3. The molecule has 50 heavy (non-hydrogen) atoms. The summed E-state index contributed by atoms with van der Waals surface area (Å²) in [5, 5.41) is 66.2. The van der Waals surface area contributed by atoms with Crippen molar-refractivity contribution in [3.05, 3.63) is 100 Å². The largest absolute Gasteiger partial charge is 0.508 e. The van der Waals surface area contributed by atoms with Gasteiger partial charge in [-0.05, 0) is 60.7 Å². The van der Waals surface area contributed by atoms with Gasteiger partial charge in [0.05, 0.1) is 10.9 Å². The predicted octanol–water partition coefficient (Wildman–Crippen LogP) is 1.94. The standard InChI is InChI=1S/C36H38N2O12/c1-19(6-5-9-20-7-3-2-4-8-20)16-17-38-34(46)36(47)31(42)28(41)30(33(44)45)50-35(36)48-23-14-15-24-25(18-23)49-29(32(37)43)26(27(24)40)21-10-12-22(39)13-11-21/h2-5,7-15,18-19,28,30-31,34-35,38-39,41-42,46-47H,6,16-17H2,1H3,(H2,37,43)(H,44,45). The van der Waals surface area contributed by atoms with Gasteiger partial charge in [0.15, 0.2) is 11.7 Å². The SMILES string of the molecule is CC(CC=Cc1ccccc1)CCNC(O)C1(O)C(Oc2ccc3c(=O)c(-c4ccc(O)cc4)c(C(N)=O)oc3c2)OC(C(=O)O)C(O)C1O. The van der Waals surface area contributed by atoms with Crippen molar-refractivity contribution in [3.8, 4) is 22.6 Å². The van der Waals surface area contributed by atoms with E-state index in [1.807, 2.05) is 49.4 Å². The molecule has 0 aliphatic carbocycles. The molecular weight excluding hydrogens is 652 g/mol. The van der Waals surface area contributed by atoms with Gasteiger partial charge >= 0.3 is 5.97 Å². The van der Waals surface area contributed by atoms with Crippen LogP contribution >= 0.6 is 0 Å². The number of phenolic OH excluding ortho intramolecular Hbond substituents is 1. The van der Waals surface area contributed by atoms with Gasteiger partial charge in [0, 0.05) is 6.07 Å². The highest BCUT2D eigenvalue weighted by atomic mass is 16.7. The lowest BCUT2D eigenvalue weighted by Gasteiger charge is -2.48. The number of allylic oxidation sites excluding steroid dienone is 1. The number of nitrogens with one attached hydrogen (secondary N) is 1. The molecule has 5 rings (SSSR count). The summed E-state index contributed by atoms with van der Waals surface area (Å²) in [6, 6.07) is 18.8. The Morgan fingerprint density at radius 1 is 1.08 bits per heavy atom. The quantitative estimate of drug-likeness (QED) is 0.0937. The molecule has 9 N–H and O–H groups in total. The van der Waals surface area contributed by atoms with Gasteiger partial charge in [-0.3, -0.25) is 14.9 Å². The number of phenols is 1. The highest BCUT2D eigenvalue weighted by Gasteiger charge is 2.61. The molecule has 7 unspecified atom stereocenters. The van der Waals surface area contributed by atoms with Gasteiger partial charge in [0.1, 0.15) is 35.5 Å². The first-order valence-electron chi connectivity index (χ1n) is 15.8. The average Bonchev–Trinajstić information content (AvgIpc) is 3.09. The Labute approximate surface area is 285 Å². The Morgan fingerprint density at radius 3 is 2.44 bits per heavy atom. The molecule has 1 fully saturated rings. The number of aliphatic hydroxyl groups is 4. The van der Waals surface area contributed by atoms with E-state index < -0.39 is 59.5 Å². The fraction of sp³-hybridized carbons (Fsp3) is 0.306. The Bertz CT molecular complexity index is 1910. The molecule has 0 bridgehead atoms. The van der Waals surface area contributed by atoms with Crippen LogP contribution in [-0.4, -0.2) is 85.5 Å². The smallest absolute Gasteiger partial charge is 0.335 e. The number of carboxylic acids is 1. The van der Waals surface area contributed by atoms with Gasteiger partial charge in [0.25, 0.3) is 5.91 Å². The number of hydrogen-bond donors (Lipinski definition) is 8. The zero-order chi connectivity index (χ0) is 36.2. The van der Waals surface area contributed by atoms with Crippen LogP contribution in [0.1, 0.15) is 35.9 Å². The lowest BCUT2D eigenvalue weighted by atomic mass is 9.84. The average molecular weight is 691 g/mol. The van der Waals surface area contributed by atoms with E-state index in [4.69, 9.17) is 19.6 Å². The van der Waals surface area contributed by atoms with E-state index in [2.05, 4.69) is 5.32 Å². The Kier molecular flexibility index (Phi) is 11.0. The molecule has 3 aromatic carbocycles. The fourth-order valence-corrected chi connectivity index (χ4v) is 5.70. The van der Waals surface area contributed by atoms with Crippen molar-refractivity contribution in [2.75, 3.05) is 6.54 Å². The number of carbonyl (C=O) groups excluding carboxylic acids is 1. The fourth-order valence-electron chi connectivity index (χ4n) is 5.70. The molecule has 4 aromatic rings. The van der Waals surface area contributed by atoms with E-state index in [0.717, 1.165) is 11.6 Å². The third-order valence-electron chi connectivity index (χ3n) is 8.55. The van der Waals surface area contributed by atoms with Crippen molar-refractivity contribution in [1.82, 2.24) is 5.32 Å². The number of nitrogens with two attached hydrogens (primary N) is 1. The van der Waals surface area contributed by atoms with Crippen molar-refractivity contribution in [3.63, 3.8) is 0 Å². The molecule has 1 aliphatic heterocycles. The summed E-state index contributed by atoms with van der Waals surface area (Å²) in [6.45, 7) is 2.13. The molecule has 7 atom stereocenters. The highest BCUT2D eigenvalue weighted by molar-refractivity contribution is 5.99. The number of fused-ring (bicyclic) bond motifs is 1. The second kappa shape index (κ2) is 15.2. The second-order valence-corrected chi connectivity index (χ2v) is 12.2. The first-order chi connectivity index (χ1) is 23.8. The summed E-state index contributed by atoms with van der Waals surface area (Å²) in [4.78, 5) is 37.7. The second-order valence-electron chi connectivity index (χ2n) is 12.2. The minimum Gasteiger partial charge on any atom is -0.508 e. The monoisotopic (exact) mass is 690 g/mol. The summed E-state index contributed by atoms with van der Waals surface area (Å²) in [7, 11) is 0.